The highest BCUT2D eigenvalue weighted by Crippen LogP contribution is 2.45. The van der Waals surface area contributed by atoms with Crippen molar-refractivity contribution in [1.29, 1.82) is 0 Å². The van der Waals surface area contributed by atoms with Gasteiger partial charge in [-0.25, -0.2) is 17.5 Å². The van der Waals surface area contributed by atoms with Crippen LogP contribution in [0.2, 0.25) is 0 Å². The molecule has 0 aliphatic carbocycles. The minimum absolute atomic E-state index is 0.00644. The van der Waals surface area contributed by atoms with Crippen LogP contribution in [0.15, 0.2) is 95.4 Å². The quantitative estimate of drug-likeness (QED) is 0.388. The molecule has 1 aromatic heterocycles. The van der Waals surface area contributed by atoms with Crippen LogP contribution >= 0.6 is 0 Å². The summed E-state index contributed by atoms with van der Waals surface area (Å²) in [4.78, 5) is 16.7. The molecule has 0 fully saturated rings. The van der Waals surface area contributed by atoms with E-state index in [1.54, 1.807) is 37.3 Å². The maximum atomic E-state index is 13.9. The lowest BCUT2D eigenvalue weighted by Crippen LogP contribution is -2.31. The number of carbonyl (C=O) groups excluding carboxylic acids is 1. The van der Waals surface area contributed by atoms with Crippen molar-refractivity contribution in [2.24, 2.45) is 0 Å². The number of fused-ring (bicyclic) bond motifs is 3. The number of nitrogens with one attached hydrogen (secondary N) is 1. The van der Waals surface area contributed by atoms with Crippen LogP contribution in [0.25, 0.3) is 10.9 Å². The Morgan fingerprint density at radius 2 is 1.69 bits per heavy atom. The summed E-state index contributed by atoms with van der Waals surface area (Å²) in [7, 11) is -3.92. The number of esters is 1. The largest absolute Gasteiger partial charge is 0.463 e. The van der Waals surface area contributed by atoms with Gasteiger partial charge in [0.1, 0.15) is 5.82 Å². The van der Waals surface area contributed by atoms with Crippen molar-refractivity contribution in [1.82, 2.24) is 4.98 Å². The second kappa shape index (κ2) is 9.07. The topological polar surface area (TPSA) is 79.5 Å². The molecule has 0 saturated carbocycles. The molecule has 1 aliphatic rings. The molecule has 4 aromatic rings. The van der Waals surface area contributed by atoms with Crippen molar-refractivity contribution in [2.75, 3.05) is 17.5 Å². The summed E-state index contributed by atoms with van der Waals surface area (Å²) < 4.78 is 34.6. The third-order valence-electron chi connectivity index (χ3n) is 6.30. The van der Waals surface area contributed by atoms with E-state index in [1.807, 2.05) is 61.5 Å². The Morgan fingerprint density at radius 1 is 1.00 bits per heavy atom. The van der Waals surface area contributed by atoms with Gasteiger partial charge in [0.15, 0.2) is 0 Å². The smallest absolute Gasteiger partial charge is 0.334 e. The summed E-state index contributed by atoms with van der Waals surface area (Å²) in [6, 6.07) is 24.1. The average Bonchev–Trinajstić information content (AvgIpc) is 3.13. The van der Waals surface area contributed by atoms with E-state index in [-0.39, 0.29) is 18.0 Å². The lowest BCUT2D eigenvalue weighted by atomic mass is 9.84. The summed E-state index contributed by atoms with van der Waals surface area (Å²) in [6.07, 6.45) is 1.68. The van der Waals surface area contributed by atoms with E-state index in [0.29, 0.717) is 11.4 Å². The first-order valence-electron chi connectivity index (χ1n) is 11.5. The molecule has 1 N–H and O–H groups in total. The number of sulfonamides is 1. The Kier molecular flexibility index (Phi) is 5.94. The molecule has 0 saturated heterocycles. The molecule has 1 aliphatic heterocycles. The van der Waals surface area contributed by atoms with Gasteiger partial charge < -0.3 is 9.72 Å². The molecule has 0 spiro atoms. The van der Waals surface area contributed by atoms with Gasteiger partial charge in [0.2, 0.25) is 0 Å². The molecule has 0 radical (unpaired) electrons. The number of H-pyrrole nitrogens is 1. The van der Waals surface area contributed by atoms with Crippen LogP contribution in [0.5, 0.6) is 0 Å². The highest BCUT2D eigenvalue weighted by Gasteiger charge is 2.38. The fourth-order valence-electron chi connectivity index (χ4n) is 4.65. The Balaban J connectivity index is 1.80. The molecule has 1 atom stereocenters. The number of hydrogen-bond acceptors (Lipinski definition) is 4. The molecule has 0 amide bonds. The van der Waals surface area contributed by atoms with E-state index in [4.69, 9.17) is 4.74 Å². The minimum atomic E-state index is -3.92. The lowest BCUT2D eigenvalue weighted by molar-refractivity contribution is -0.138. The summed E-state index contributed by atoms with van der Waals surface area (Å²) in [5.41, 5.74) is 3.81. The molecule has 35 heavy (non-hydrogen) atoms. The second-order valence-corrected chi connectivity index (χ2v) is 10.4. The van der Waals surface area contributed by atoms with Crippen LogP contribution in [0.3, 0.4) is 0 Å². The van der Waals surface area contributed by atoms with Gasteiger partial charge in [-0.3, -0.25) is 0 Å². The number of carbonyl (C=O) groups is 1. The predicted molar refractivity (Wildman–Crippen MR) is 137 cm³/mol. The van der Waals surface area contributed by atoms with Gasteiger partial charge in [-0.05, 0) is 37.6 Å². The fraction of sp³-hybridized carbons (Fsp3) is 0.179. The number of aromatic nitrogens is 1. The number of aromatic amines is 1. The van der Waals surface area contributed by atoms with Gasteiger partial charge in [0, 0.05) is 28.0 Å². The van der Waals surface area contributed by atoms with Crippen molar-refractivity contribution in [2.45, 2.75) is 24.7 Å². The molecule has 178 valence electrons. The number of para-hydroxylation sites is 1. The van der Waals surface area contributed by atoms with Crippen LogP contribution < -0.4 is 4.31 Å². The number of nitrogens with zero attached hydrogens (tertiary/aromatic N) is 1. The van der Waals surface area contributed by atoms with Crippen LogP contribution in [-0.2, 0) is 19.6 Å². The fourth-order valence-corrected chi connectivity index (χ4v) is 6.04. The standard InChI is InChI=1S/C28H26N2O4S/c1-3-34-28(31)23-17-18-30(35(32,33)21-15-13-19(2)14-16-21)27-26(22-11-7-8-12-24(22)29-27)25(23)20-9-5-4-6-10-20/h4-17,25,29H,3,18H2,1-2H3. The van der Waals surface area contributed by atoms with Crippen molar-refractivity contribution in [3.8, 4) is 0 Å². The maximum absolute atomic E-state index is 13.9. The van der Waals surface area contributed by atoms with Crippen molar-refractivity contribution < 1.29 is 17.9 Å². The van der Waals surface area contributed by atoms with E-state index in [1.165, 1.54) is 4.31 Å². The molecular formula is C28H26N2O4S. The van der Waals surface area contributed by atoms with E-state index < -0.39 is 21.9 Å². The summed E-state index contributed by atoms with van der Waals surface area (Å²) in [5, 5.41) is 0.859. The number of anilines is 1. The van der Waals surface area contributed by atoms with Gasteiger partial charge in [0.05, 0.1) is 18.0 Å². The molecule has 5 rings (SSSR count). The molecule has 3 aromatic carbocycles. The van der Waals surface area contributed by atoms with E-state index in [0.717, 1.165) is 27.6 Å². The summed E-state index contributed by atoms with van der Waals surface area (Å²) >= 11 is 0. The van der Waals surface area contributed by atoms with E-state index >= 15 is 0 Å². The molecule has 7 heteroatoms. The first-order valence-corrected chi connectivity index (χ1v) is 13.0. The van der Waals surface area contributed by atoms with Crippen molar-refractivity contribution >= 4 is 32.7 Å². The first kappa shape index (κ1) is 22.9. The minimum Gasteiger partial charge on any atom is -0.463 e. The van der Waals surface area contributed by atoms with Gasteiger partial charge in [-0.1, -0.05) is 72.3 Å². The third kappa shape index (κ3) is 4.02. The monoisotopic (exact) mass is 486 g/mol. The van der Waals surface area contributed by atoms with Crippen LogP contribution in [0, 0.1) is 6.92 Å². The maximum Gasteiger partial charge on any atom is 0.334 e. The predicted octanol–water partition coefficient (Wildman–Crippen LogP) is 5.31. The molecular weight excluding hydrogens is 460 g/mol. The van der Waals surface area contributed by atoms with Crippen LogP contribution in [0.1, 0.15) is 29.5 Å². The molecule has 6 nitrogen and oxygen atoms in total. The van der Waals surface area contributed by atoms with E-state index in [2.05, 4.69) is 4.98 Å². The lowest BCUT2D eigenvalue weighted by Gasteiger charge is -2.23. The zero-order chi connectivity index (χ0) is 24.6. The normalized spacial score (nSPS) is 15.9. The van der Waals surface area contributed by atoms with E-state index in [9.17, 15) is 13.2 Å². The Morgan fingerprint density at radius 3 is 2.40 bits per heavy atom. The van der Waals surface area contributed by atoms with Gasteiger partial charge in [-0.2, -0.15) is 0 Å². The third-order valence-corrected chi connectivity index (χ3v) is 8.08. The van der Waals surface area contributed by atoms with Crippen LogP contribution in [0.4, 0.5) is 5.82 Å². The zero-order valence-electron chi connectivity index (χ0n) is 19.6. The number of rotatable bonds is 5. The molecule has 1 unspecified atom stereocenters. The second-order valence-electron chi connectivity index (χ2n) is 8.51. The number of ether oxygens (including phenoxy) is 1. The Bertz CT molecular complexity index is 1520. The highest BCUT2D eigenvalue weighted by atomic mass is 32.2. The number of benzene rings is 3. The van der Waals surface area contributed by atoms with Gasteiger partial charge in [0.25, 0.3) is 10.0 Å². The Labute approximate surface area is 204 Å². The van der Waals surface area contributed by atoms with Crippen LogP contribution in [-0.4, -0.2) is 32.5 Å². The highest BCUT2D eigenvalue weighted by molar-refractivity contribution is 7.92. The molecule has 0 bridgehead atoms. The number of aryl methyl sites for hydroxylation is 1. The van der Waals surface area contributed by atoms with Gasteiger partial charge >= 0.3 is 5.97 Å². The Hall–Kier alpha value is -3.84. The number of hydrogen-bond donors (Lipinski definition) is 1. The van der Waals surface area contributed by atoms with Gasteiger partial charge in [-0.15, -0.1) is 0 Å². The van der Waals surface area contributed by atoms with Crippen molar-refractivity contribution in [3.05, 3.63) is 107 Å². The molecule has 2 heterocycles. The summed E-state index contributed by atoms with van der Waals surface area (Å²) in [6.45, 7) is 3.90. The average molecular weight is 487 g/mol. The zero-order valence-corrected chi connectivity index (χ0v) is 20.4. The SMILES string of the molecule is CCOC(=O)C1=CCN(S(=O)(=O)c2ccc(C)cc2)c2[nH]c3ccccc3c2C1c1ccccc1. The summed E-state index contributed by atoms with van der Waals surface area (Å²) in [5.74, 6) is -0.497. The van der Waals surface area contributed by atoms with Crippen molar-refractivity contribution in [3.63, 3.8) is 0 Å². The first-order chi connectivity index (χ1) is 16.9.